The zero-order valence-electron chi connectivity index (χ0n) is 16.7. The summed E-state index contributed by atoms with van der Waals surface area (Å²) in [5.41, 5.74) is 0.731. The molecule has 0 spiro atoms. The largest absolute Gasteiger partial charge is 0.486 e. The molecule has 1 aromatic rings. The van der Waals surface area contributed by atoms with Gasteiger partial charge in [-0.2, -0.15) is 0 Å². The van der Waals surface area contributed by atoms with E-state index in [4.69, 9.17) is 14.2 Å². The lowest BCUT2D eigenvalue weighted by molar-refractivity contribution is 0.0331. The van der Waals surface area contributed by atoms with Crippen LogP contribution in [0.1, 0.15) is 12.8 Å². The van der Waals surface area contributed by atoms with Crippen molar-refractivity contribution < 1.29 is 19.0 Å². The monoisotopic (exact) mass is 426 g/mol. The van der Waals surface area contributed by atoms with Crippen LogP contribution in [0.5, 0.6) is 11.5 Å². The van der Waals surface area contributed by atoms with E-state index in [0.29, 0.717) is 25.5 Å². The van der Waals surface area contributed by atoms with E-state index < -0.39 is 0 Å². The molecule has 3 heterocycles. The lowest BCUT2D eigenvalue weighted by Gasteiger charge is -2.36. The Morgan fingerprint density at radius 2 is 1.97 bits per heavy atom. The van der Waals surface area contributed by atoms with Crippen LogP contribution in [0.15, 0.2) is 18.2 Å². The van der Waals surface area contributed by atoms with Gasteiger partial charge < -0.3 is 29.7 Å². The third-order valence-corrected chi connectivity index (χ3v) is 5.53. The van der Waals surface area contributed by atoms with Crippen LogP contribution < -0.4 is 20.1 Å². The summed E-state index contributed by atoms with van der Waals surface area (Å²) in [5.74, 6) is 1.41. The number of anilines is 1. The first-order valence-electron chi connectivity index (χ1n) is 10.3. The number of fused-ring (bicyclic) bond motifs is 1. The highest BCUT2D eigenvalue weighted by molar-refractivity contribution is 5.90. The number of piperidine rings is 1. The maximum absolute atomic E-state index is 13.1. The summed E-state index contributed by atoms with van der Waals surface area (Å²) in [6.45, 7) is 7.95. The van der Waals surface area contributed by atoms with Crippen LogP contribution in [0.4, 0.5) is 10.5 Å². The minimum Gasteiger partial charge on any atom is -0.486 e. The number of carbonyl (C=O) groups is 1. The van der Waals surface area contributed by atoms with E-state index in [-0.39, 0.29) is 24.5 Å². The van der Waals surface area contributed by atoms with Gasteiger partial charge in [0.15, 0.2) is 11.5 Å². The maximum atomic E-state index is 13.1. The number of halogens is 1. The van der Waals surface area contributed by atoms with Crippen LogP contribution in [0, 0.1) is 0 Å². The van der Waals surface area contributed by atoms with Gasteiger partial charge in [-0.3, -0.25) is 4.90 Å². The Hall–Kier alpha value is -1.74. The molecule has 8 nitrogen and oxygen atoms in total. The van der Waals surface area contributed by atoms with Gasteiger partial charge in [-0.25, -0.2) is 4.79 Å². The molecule has 3 aliphatic rings. The molecule has 9 heteroatoms. The average molecular weight is 427 g/mol. The van der Waals surface area contributed by atoms with Gasteiger partial charge in [0, 0.05) is 50.5 Å². The van der Waals surface area contributed by atoms with E-state index >= 15 is 0 Å². The number of hydrogen-bond donors (Lipinski definition) is 2. The molecule has 29 heavy (non-hydrogen) atoms. The van der Waals surface area contributed by atoms with Crippen molar-refractivity contribution in [1.82, 2.24) is 15.1 Å². The normalized spacial score (nSPS) is 21.7. The van der Waals surface area contributed by atoms with E-state index in [1.165, 1.54) is 0 Å². The van der Waals surface area contributed by atoms with Gasteiger partial charge in [-0.05, 0) is 31.5 Å². The number of urea groups is 1. The van der Waals surface area contributed by atoms with Crippen molar-refractivity contribution in [3.63, 3.8) is 0 Å². The second-order valence-electron chi connectivity index (χ2n) is 7.44. The number of ether oxygens (including phenoxy) is 3. The fraction of sp³-hybridized carbons (Fsp3) is 0.650. The van der Waals surface area contributed by atoms with Crippen LogP contribution in [-0.2, 0) is 4.74 Å². The third-order valence-electron chi connectivity index (χ3n) is 5.53. The number of benzene rings is 1. The second kappa shape index (κ2) is 10.9. The van der Waals surface area contributed by atoms with Crippen LogP contribution in [0.3, 0.4) is 0 Å². The summed E-state index contributed by atoms with van der Waals surface area (Å²) in [7, 11) is 0. The lowest BCUT2D eigenvalue weighted by Crippen LogP contribution is -2.53. The van der Waals surface area contributed by atoms with E-state index in [1.807, 2.05) is 23.1 Å². The average Bonchev–Trinajstić information content (AvgIpc) is 2.75. The van der Waals surface area contributed by atoms with Crippen LogP contribution >= 0.6 is 12.4 Å². The molecule has 0 aliphatic carbocycles. The molecule has 2 saturated heterocycles. The zero-order valence-corrected chi connectivity index (χ0v) is 17.5. The maximum Gasteiger partial charge on any atom is 0.322 e. The molecule has 1 aromatic carbocycles. The Morgan fingerprint density at radius 1 is 1.17 bits per heavy atom. The minimum atomic E-state index is -0.0568. The molecule has 1 unspecified atom stereocenters. The Labute approximate surface area is 178 Å². The van der Waals surface area contributed by atoms with E-state index in [9.17, 15) is 4.79 Å². The number of carbonyl (C=O) groups excluding carboxylic acids is 1. The van der Waals surface area contributed by atoms with Gasteiger partial charge in [0.25, 0.3) is 0 Å². The van der Waals surface area contributed by atoms with Crippen molar-refractivity contribution in [2.24, 2.45) is 0 Å². The lowest BCUT2D eigenvalue weighted by atomic mass is 10.1. The summed E-state index contributed by atoms with van der Waals surface area (Å²) < 4.78 is 16.6. The van der Waals surface area contributed by atoms with Gasteiger partial charge in [0.05, 0.1) is 13.2 Å². The molecule has 2 amide bonds. The Balaban J connectivity index is 0.00000240. The van der Waals surface area contributed by atoms with Crippen molar-refractivity contribution in [2.75, 3.05) is 71.0 Å². The Morgan fingerprint density at radius 3 is 2.72 bits per heavy atom. The number of rotatable bonds is 5. The molecule has 0 bridgehead atoms. The number of morpholine rings is 1. The van der Waals surface area contributed by atoms with E-state index in [1.54, 1.807) is 0 Å². The quantitative estimate of drug-likeness (QED) is 0.747. The van der Waals surface area contributed by atoms with Crippen molar-refractivity contribution >= 4 is 24.1 Å². The summed E-state index contributed by atoms with van der Waals surface area (Å²) in [4.78, 5) is 17.5. The third kappa shape index (κ3) is 5.88. The number of amides is 2. The smallest absolute Gasteiger partial charge is 0.322 e. The predicted octanol–water partition coefficient (Wildman–Crippen LogP) is 1.80. The number of nitrogens with zero attached hydrogens (tertiary/aromatic N) is 2. The molecule has 0 saturated carbocycles. The summed E-state index contributed by atoms with van der Waals surface area (Å²) in [6.07, 6.45) is 2.13. The Bertz CT molecular complexity index is 666. The summed E-state index contributed by atoms with van der Waals surface area (Å²) >= 11 is 0. The van der Waals surface area contributed by atoms with Gasteiger partial charge >= 0.3 is 6.03 Å². The topological polar surface area (TPSA) is 75.3 Å². The van der Waals surface area contributed by atoms with Crippen LogP contribution in [0.2, 0.25) is 0 Å². The molecule has 1 atom stereocenters. The molecule has 2 N–H and O–H groups in total. The first-order valence-corrected chi connectivity index (χ1v) is 10.3. The van der Waals surface area contributed by atoms with Crippen molar-refractivity contribution in [3.05, 3.63) is 18.2 Å². The molecule has 4 rings (SSSR count). The van der Waals surface area contributed by atoms with Gasteiger partial charge in [-0.1, -0.05) is 0 Å². The highest BCUT2D eigenvalue weighted by Crippen LogP contribution is 2.32. The molecule has 0 radical (unpaired) electrons. The molecule has 0 aromatic heterocycles. The van der Waals surface area contributed by atoms with Gasteiger partial charge in [-0.15, -0.1) is 12.4 Å². The van der Waals surface area contributed by atoms with Crippen LogP contribution in [-0.4, -0.2) is 87.6 Å². The number of hydrogen-bond acceptors (Lipinski definition) is 6. The van der Waals surface area contributed by atoms with E-state index in [2.05, 4.69) is 15.5 Å². The molecular formula is C20H31ClN4O4. The predicted molar refractivity (Wildman–Crippen MR) is 114 cm³/mol. The first-order chi connectivity index (χ1) is 13.8. The zero-order chi connectivity index (χ0) is 19.2. The minimum absolute atomic E-state index is 0. The van der Waals surface area contributed by atoms with Gasteiger partial charge in [0.1, 0.15) is 13.2 Å². The molecule has 162 valence electrons. The molecule has 3 aliphatic heterocycles. The molecule has 2 fully saturated rings. The summed E-state index contributed by atoms with van der Waals surface area (Å²) in [5, 5.41) is 6.48. The van der Waals surface area contributed by atoms with Crippen molar-refractivity contribution in [3.8, 4) is 11.5 Å². The number of nitrogens with one attached hydrogen (secondary N) is 2. The van der Waals surface area contributed by atoms with E-state index in [0.717, 1.165) is 70.2 Å². The highest BCUT2D eigenvalue weighted by Gasteiger charge is 2.26. The Kier molecular flexibility index (Phi) is 8.23. The fourth-order valence-corrected chi connectivity index (χ4v) is 3.94. The summed E-state index contributed by atoms with van der Waals surface area (Å²) in [6, 6.07) is 5.71. The van der Waals surface area contributed by atoms with Crippen LogP contribution in [0.25, 0.3) is 0 Å². The van der Waals surface area contributed by atoms with Gasteiger partial charge in [0.2, 0.25) is 0 Å². The second-order valence-corrected chi connectivity index (χ2v) is 7.44. The highest BCUT2D eigenvalue weighted by atomic mass is 35.5. The van der Waals surface area contributed by atoms with Crippen molar-refractivity contribution in [1.29, 1.82) is 0 Å². The van der Waals surface area contributed by atoms with Crippen molar-refractivity contribution in [2.45, 2.75) is 18.9 Å². The first kappa shape index (κ1) is 22.0. The fourth-order valence-electron chi connectivity index (χ4n) is 3.94. The molecular weight excluding hydrogens is 396 g/mol. The standard InChI is InChI=1S/C20H30N4O4.ClH/c25-20(22-16-3-4-18-19(14-16)28-13-12-27-18)24(17-2-1-5-21-15-17)7-6-23-8-10-26-11-9-23;/h3-4,14,17,21H,1-2,5-13,15H2,(H,22,25);1H. The SMILES string of the molecule is Cl.O=C(Nc1ccc2c(c1)OCCO2)N(CCN1CCOCC1)C1CCCNC1.